The van der Waals surface area contributed by atoms with Crippen molar-refractivity contribution in [2.75, 3.05) is 13.2 Å². The summed E-state index contributed by atoms with van der Waals surface area (Å²) in [6.45, 7) is 4.45. The normalized spacial score (nSPS) is 11.9. The molecule has 0 saturated heterocycles. The molecule has 0 aliphatic rings. The Kier molecular flexibility index (Phi) is 6.02. The lowest BCUT2D eigenvalue weighted by atomic mass is 10.1. The fourth-order valence-corrected chi connectivity index (χ4v) is 1.42. The third-order valence-corrected chi connectivity index (χ3v) is 2.46. The molecule has 1 aromatic rings. The van der Waals surface area contributed by atoms with E-state index in [0.29, 0.717) is 6.61 Å². The van der Waals surface area contributed by atoms with Crippen LogP contribution in [-0.4, -0.2) is 36.4 Å². The number of hydrogen-bond acceptors (Lipinski definition) is 4. The molecule has 5 nitrogen and oxygen atoms in total. The minimum Gasteiger partial charge on any atom is -0.478 e. The number of carboxylic acid groups (broad SMARTS) is 1. The summed E-state index contributed by atoms with van der Waals surface area (Å²) in [5, 5.41) is 8.86. The number of carbonyl (C=O) groups excluding carboxylic acids is 1. The molecule has 5 heteroatoms. The molecule has 0 fully saturated rings. The number of rotatable bonds is 7. The molecule has 1 N–H and O–H groups in total. The summed E-state index contributed by atoms with van der Waals surface area (Å²) in [5.41, 5.74) is 0.263. The lowest BCUT2D eigenvalue weighted by Gasteiger charge is -2.15. The molecule has 19 heavy (non-hydrogen) atoms. The van der Waals surface area contributed by atoms with Crippen LogP contribution in [0.4, 0.5) is 0 Å². The van der Waals surface area contributed by atoms with Gasteiger partial charge in [-0.3, -0.25) is 0 Å². The lowest BCUT2D eigenvalue weighted by molar-refractivity contribution is 0.00864. The molecule has 1 rings (SSSR count). The van der Waals surface area contributed by atoms with Gasteiger partial charge >= 0.3 is 11.9 Å². The molecule has 0 bridgehead atoms. The molecule has 0 heterocycles. The van der Waals surface area contributed by atoms with Crippen LogP contribution >= 0.6 is 0 Å². The maximum absolute atomic E-state index is 11.9. The highest BCUT2D eigenvalue weighted by Crippen LogP contribution is 2.09. The van der Waals surface area contributed by atoms with Gasteiger partial charge in [0.2, 0.25) is 0 Å². The summed E-state index contributed by atoms with van der Waals surface area (Å²) < 4.78 is 10.4. The second kappa shape index (κ2) is 7.53. The van der Waals surface area contributed by atoms with E-state index < -0.39 is 18.0 Å². The van der Waals surface area contributed by atoms with Crippen LogP contribution in [0.1, 0.15) is 34.6 Å². The van der Waals surface area contributed by atoms with Gasteiger partial charge in [-0.05, 0) is 25.1 Å². The van der Waals surface area contributed by atoms with Gasteiger partial charge in [0.1, 0.15) is 6.10 Å². The second-order valence-corrected chi connectivity index (χ2v) is 3.82. The Bertz CT molecular complexity index is 441. The molecule has 0 spiro atoms. The minimum atomic E-state index is -1.08. The lowest BCUT2D eigenvalue weighted by Crippen LogP contribution is -2.23. The third kappa shape index (κ3) is 4.71. The first-order valence-corrected chi connectivity index (χ1v) is 6.00. The van der Waals surface area contributed by atoms with Gasteiger partial charge in [-0.25, -0.2) is 9.59 Å². The van der Waals surface area contributed by atoms with Crippen molar-refractivity contribution in [2.45, 2.75) is 20.0 Å². The van der Waals surface area contributed by atoms with Gasteiger partial charge in [0, 0.05) is 13.0 Å². The van der Waals surface area contributed by atoms with Crippen LogP contribution < -0.4 is 0 Å². The van der Waals surface area contributed by atoms with Crippen molar-refractivity contribution >= 4 is 11.9 Å². The maximum Gasteiger partial charge on any atom is 0.338 e. The van der Waals surface area contributed by atoms with Crippen molar-refractivity contribution < 1.29 is 24.2 Å². The van der Waals surface area contributed by atoms with Gasteiger partial charge in [0.25, 0.3) is 0 Å². The van der Waals surface area contributed by atoms with E-state index in [9.17, 15) is 9.59 Å². The summed E-state index contributed by atoms with van der Waals surface area (Å²) in [6.07, 6.45) is 1.27. The van der Waals surface area contributed by atoms with E-state index in [1.165, 1.54) is 24.3 Å². The van der Waals surface area contributed by atoms with E-state index in [2.05, 4.69) is 0 Å². The molecule has 1 atom stereocenters. The Labute approximate surface area is 112 Å². The zero-order valence-corrected chi connectivity index (χ0v) is 11.0. The van der Waals surface area contributed by atoms with Gasteiger partial charge in [-0.15, -0.1) is 0 Å². The molecule has 1 unspecified atom stereocenters. The number of benzene rings is 1. The predicted molar refractivity (Wildman–Crippen MR) is 69.1 cm³/mol. The summed E-state index contributed by atoms with van der Waals surface area (Å²) >= 11 is 0. The van der Waals surface area contributed by atoms with Gasteiger partial charge < -0.3 is 14.6 Å². The van der Waals surface area contributed by atoms with Crippen LogP contribution in [0.25, 0.3) is 0 Å². The average Bonchev–Trinajstić information content (AvgIpc) is 2.43. The number of esters is 1. The third-order valence-electron chi connectivity index (χ3n) is 2.46. The fourth-order valence-electron chi connectivity index (χ4n) is 1.42. The minimum absolute atomic E-state index is 0.0521. The van der Waals surface area contributed by atoms with Gasteiger partial charge in [0.05, 0.1) is 17.7 Å². The van der Waals surface area contributed by atoms with Crippen molar-refractivity contribution in [3.63, 3.8) is 0 Å². The van der Waals surface area contributed by atoms with Crippen LogP contribution in [-0.2, 0) is 9.47 Å². The smallest absolute Gasteiger partial charge is 0.338 e. The van der Waals surface area contributed by atoms with E-state index in [4.69, 9.17) is 14.6 Å². The highest BCUT2D eigenvalue weighted by atomic mass is 16.6. The fraction of sp³-hybridized carbons (Fsp3) is 0.357. The van der Waals surface area contributed by atoms with Crippen LogP contribution in [0.15, 0.2) is 24.3 Å². The van der Waals surface area contributed by atoms with E-state index in [1.54, 1.807) is 13.3 Å². The van der Waals surface area contributed by atoms with E-state index >= 15 is 0 Å². The Hall–Kier alpha value is -1.88. The molecule has 0 aliphatic carbocycles. The number of hydrogen-bond donors (Lipinski definition) is 1. The maximum atomic E-state index is 11.9. The van der Waals surface area contributed by atoms with E-state index in [1.807, 2.05) is 6.92 Å². The van der Waals surface area contributed by atoms with Crippen LogP contribution in [0.2, 0.25) is 0 Å². The SMILES string of the molecule is C[CH]C(COCC)OC(=O)c1cccc(C(=O)O)c1. The van der Waals surface area contributed by atoms with Crippen molar-refractivity contribution in [3.05, 3.63) is 41.8 Å². The van der Waals surface area contributed by atoms with Gasteiger partial charge in [-0.1, -0.05) is 13.0 Å². The Morgan fingerprint density at radius 1 is 1.37 bits per heavy atom. The summed E-state index contributed by atoms with van der Waals surface area (Å²) in [6, 6.07) is 5.73. The van der Waals surface area contributed by atoms with Crippen LogP contribution in [0.5, 0.6) is 0 Å². The Morgan fingerprint density at radius 2 is 2.05 bits per heavy atom. The summed E-state index contributed by atoms with van der Waals surface area (Å²) in [7, 11) is 0. The van der Waals surface area contributed by atoms with E-state index in [-0.39, 0.29) is 17.7 Å². The first-order chi connectivity index (χ1) is 9.08. The zero-order valence-electron chi connectivity index (χ0n) is 11.0. The van der Waals surface area contributed by atoms with Crippen molar-refractivity contribution in [2.24, 2.45) is 0 Å². The molecular weight excluding hydrogens is 248 g/mol. The molecule has 0 amide bonds. The Morgan fingerprint density at radius 3 is 2.63 bits per heavy atom. The zero-order chi connectivity index (χ0) is 14.3. The van der Waals surface area contributed by atoms with Crippen LogP contribution in [0.3, 0.4) is 0 Å². The number of carboxylic acids is 1. The van der Waals surface area contributed by atoms with Gasteiger partial charge in [-0.2, -0.15) is 0 Å². The molecular formula is C14H17O5. The van der Waals surface area contributed by atoms with Crippen molar-refractivity contribution in [1.29, 1.82) is 0 Å². The first-order valence-electron chi connectivity index (χ1n) is 6.00. The monoisotopic (exact) mass is 265 g/mol. The second-order valence-electron chi connectivity index (χ2n) is 3.82. The Balaban J connectivity index is 2.71. The summed E-state index contributed by atoms with van der Waals surface area (Å²) in [5.74, 6) is -1.64. The molecule has 1 aromatic carbocycles. The van der Waals surface area contributed by atoms with Crippen molar-refractivity contribution in [1.82, 2.24) is 0 Å². The number of ether oxygens (including phenoxy) is 2. The quantitative estimate of drug-likeness (QED) is 0.765. The number of aromatic carboxylic acids is 1. The average molecular weight is 265 g/mol. The largest absolute Gasteiger partial charge is 0.478 e. The topological polar surface area (TPSA) is 72.8 Å². The molecule has 0 saturated carbocycles. The van der Waals surface area contributed by atoms with E-state index in [0.717, 1.165) is 0 Å². The van der Waals surface area contributed by atoms with Gasteiger partial charge in [0.15, 0.2) is 0 Å². The molecule has 103 valence electrons. The predicted octanol–water partition coefficient (Wildman–Crippen LogP) is 2.17. The highest BCUT2D eigenvalue weighted by Gasteiger charge is 2.16. The highest BCUT2D eigenvalue weighted by molar-refractivity contribution is 5.94. The number of carbonyl (C=O) groups is 2. The standard InChI is InChI=1S/C14H17O5/c1-3-12(9-18-4-2)19-14(17)11-7-5-6-10(8-11)13(15)16/h3,5-8,12H,4,9H2,1-2H3,(H,15,16). The summed E-state index contributed by atoms with van der Waals surface area (Å²) in [4.78, 5) is 22.7. The first kappa shape index (κ1) is 15.2. The van der Waals surface area contributed by atoms with Crippen LogP contribution in [0, 0.1) is 6.42 Å². The van der Waals surface area contributed by atoms with Crippen molar-refractivity contribution in [3.8, 4) is 0 Å². The molecule has 1 radical (unpaired) electrons. The molecule has 0 aliphatic heterocycles. The molecule has 0 aromatic heterocycles.